The molecule has 0 unspecified atom stereocenters. The number of furan rings is 1. The van der Waals surface area contributed by atoms with E-state index in [0.29, 0.717) is 5.69 Å². The van der Waals surface area contributed by atoms with Gasteiger partial charge < -0.3 is 9.73 Å². The summed E-state index contributed by atoms with van der Waals surface area (Å²) in [5.74, 6) is -0.232. The van der Waals surface area contributed by atoms with Crippen LogP contribution in [-0.4, -0.2) is 20.6 Å². The van der Waals surface area contributed by atoms with E-state index in [4.69, 9.17) is 4.42 Å². The minimum atomic E-state index is -3.31. The summed E-state index contributed by atoms with van der Waals surface area (Å²) in [5.41, 5.74) is 3.08. The first-order valence-corrected chi connectivity index (χ1v) is 9.29. The Morgan fingerprint density at radius 3 is 2.71 bits per heavy atom. The lowest BCUT2D eigenvalue weighted by Crippen LogP contribution is -2.14. The Kier molecular flexibility index (Phi) is 4.15. The number of sulfone groups is 1. The predicted octanol–water partition coefficient (Wildman–Crippen LogP) is 3.33. The molecule has 3 aromatic rings. The fourth-order valence-corrected chi connectivity index (χ4v) is 3.18. The summed E-state index contributed by atoms with van der Waals surface area (Å²) in [7, 11) is -3.31. The maximum absolute atomic E-state index is 12.2. The lowest BCUT2D eigenvalue weighted by Gasteiger charge is -2.06. The van der Waals surface area contributed by atoms with Crippen LogP contribution in [0.2, 0.25) is 0 Å². The van der Waals surface area contributed by atoms with E-state index in [-0.39, 0.29) is 17.2 Å². The molecule has 5 nitrogen and oxygen atoms in total. The number of carbonyl (C=O) groups is 1. The van der Waals surface area contributed by atoms with Crippen LogP contribution in [0.3, 0.4) is 0 Å². The number of rotatable bonds is 4. The largest absolute Gasteiger partial charge is 0.464 e. The molecule has 3 rings (SSSR count). The van der Waals surface area contributed by atoms with Crippen LogP contribution in [-0.2, 0) is 21.1 Å². The highest BCUT2D eigenvalue weighted by atomic mass is 32.2. The van der Waals surface area contributed by atoms with Crippen molar-refractivity contribution >= 4 is 32.4 Å². The van der Waals surface area contributed by atoms with E-state index in [1.54, 1.807) is 18.4 Å². The number of nitrogens with one attached hydrogen (secondary N) is 1. The molecule has 0 atom stereocenters. The van der Waals surface area contributed by atoms with Gasteiger partial charge in [-0.15, -0.1) is 0 Å². The minimum absolute atomic E-state index is 0.152. The summed E-state index contributed by atoms with van der Waals surface area (Å²) in [6.07, 6.45) is 2.86. The van der Waals surface area contributed by atoms with Gasteiger partial charge in [0.05, 0.1) is 17.6 Å². The minimum Gasteiger partial charge on any atom is -0.464 e. The quantitative estimate of drug-likeness (QED) is 0.788. The topological polar surface area (TPSA) is 76.4 Å². The number of hydrogen-bond acceptors (Lipinski definition) is 4. The number of benzene rings is 2. The van der Waals surface area contributed by atoms with Crippen molar-refractivity contribution in [1.82, 2.24) is 0 Å². The third-order valence-electron chi connectivity index (χ3n) is 3.71. The molecular formula is C18H17NO4S. The molecule has 0 radical (unpaired) electrons. The zero-order chi connectivity index (χ0) is 17.3. The van der Waals surface area contributed by atoms with Crippen molar-refractivity contribution in [2.75, 3.05) is 11.6 Å². The third kappa shape index (κ3) is 3.49. The van der Waals surface area contributed by atoms with Crippen molar-refractivity contribution in [3.8, 4) is 0 Å². The van der Waals surface area contributed by atoms with Gasteiger partial charge in [0.15, 0.2) is 9.84 Å². The number of amides is 1. The molecule has 0 fully saturated rings. The lowest BCUT2D eigenvalue weighted by molar-refractivity contribution is -0.115. The first-order valence-electron chi connectivity index (χ1n) is 7.39. The first kappa shape index (κ1) is 16.3. The average Bonchev–Trinajstić information content (AvgIpc) is 2.88. The Bertz CT molecular complexity index is 1020. The van der Waals surface area contributed by atoms with Gasteiger partial charge >= 0.3 is 0 Å². The van der Waals surface area contributed by atoms with Gasteiger partial charge in [-0.3, -0.25) is 4.79 Å². The molecule has 1 N–H and O–H groups in total. The van der Waals surface area contributed by atoms with Crippen LogP contribution < -0.4 is 5.32 Å². The average molecular weight is 343 g/mol. The van der Waals surface area contributed by atoms with Gasteiger partial charge in [-0.05, 0) is 36.8 Å². The predicted molar refractivity (Wildman–Crippen MR) is 92.8 cm³/mol. The Morgan fingerprint density at radius 2 is 1.96 bits per heavy atom. The molecule has 24 heavy (non-hydrogen) atoms. The van der Waals surface area contributed by atoms with E-state index in [1.807, 2.05) is 25.1 Å². The molecule has 0 saturated carbocycles. The van der Waals surface area contributed by atoms with Crippen molar-refractivity contribution in [3.63, 3.8) is 0 Å². The molecule has 0 aliphatic carbocycles. The number of hydrogen-bond donors (Lipinski definition) is 1. The number of fused-ring (bicyclic) bond motifs is 1. The van der Waals surface area contributed by atoms with E-state index >= 15 is 0 Å². The van der Waals surface area contributed by atoms with Crippen LogP contribution in [0.4, 0.5) is 5.69 Å². The number of aryl methyl sites for hydroxylation is 1. The molecule has 1 heterocycles. The highest BCUT2D eigenvalue weighted by Gasteiger charge is 2.12. The van der Waals surface area contributed by atoms with Gasteiger partial charge in [0.1, 0.15) is 5.58 Å². The van der Waals surface area contributed by atoms with E-state index in [9.17, 15) is 13.2 Å². The Hall–Kier alpha value is -2.60. The van der Waals surface area contributed by atoms with Gasteiger partial charge in [-0.1, -0.05) is 18.2 Å². The fraction of sp³-hybridized carbons (Fsp3) is 0.167. The molecule has 0 bridgehead atoms. The Labute approximate surface area is 140 Å². The third-order valence-corrected chi connectivity index (χ3v) is 4.82. The standard InChI is InChI=1S/C18H17NO4S/c1-12-6-7-16-13(11-23-17(16)8-12)9-18(20)19-14-4-3-5-15(10-14)24(2,21)22/h3-8,10-11H,9H2,1-2H3,(H,19,20). The molecule has 124 valence electrons. The number of carbonyl (C=O) groups excluding carboxylic acids is 1. The van der Waals surface area contributed by atoms with Gasteiger partial charge in [0, 0.05) is 22.9 Å². The summed E-state index contributed by atoms with van der Waals surface area (Å²) in [5, 5.41) is 3.63. The zero-order valence-electron chi connectivity index (χ0n) is 13.4. The van der Waals surface area contributed by atoms with Crippen molar-refractivity contribution in [2.24, 2.45) is 0 Å². The summed E-state index contributed by atoms with van der Waals surface area (Å²) >= 11 is 0. The Balaban J connectivity index is 1.78. The van der Waals surface area contributed by atoms with Crippen LogP contribution in [0.25, 0.3) is 11.0 Å². The second-order valence-corrected chi connectivity index (χ2v) is 7.80. The summed E-state index contributed by atoms with van der Waals surface area (Å²) in [6.45, 7) is 1.98. The van der Waals surface area contributed by atoms with Gasteiger partial charge in [0.25, 0.3) is 0 Å². The van der Waals surface area contributed by atoms with E-state index < -0.39 is 9.84 Å². The molecule has 2 aromatic carbocycles. The van der Waals surface area contributed by atoms with Crippen LogP contribution in [0.15, 0.2) is 58.0 Å². The highest BCUT2D eigenvalue weighted by Crippen LogP contribution is 2.23. The van der Waals surface area contributed by atoms with E-state index in [0.717, 1.165) is 28.4 Å². The van der Waals surface area contributed by atoms with Crippen LogP contribution in [0.5, 0.6) is 0 Å². The fourth-order valence-electron chi connectivity index (χ4n) is 2.51. The monoisotopic (exact) mass is 343 g/mol. The molecule has 1 amide bonds. The maximum Gasteiger partial charge on any atom is 0.228 e. The Morgan fingerprint density at radius 1 is 1.17 bits per heavy atom. The van der Waals surface area contributed by atoms with Crippen LogP contribution in [0.1, 0.15) is 11.1 Å². The second-order valence-electron chi connectivity index (χ2n) is 5.79. The summed E-state index contributed by atoms with van der Waals surface area (Å²) in [4.78, 5) is 12.4. The van der Waals surface area contributed by atoms with Crippen molar-refractivity contribution in [3.05, 3.63) is 59.9 Å². The summed E-state index contributed by atoms with van der Waals surface area (Å²) < 4.78 is 28.6. The van der Waals surface area contributed by atoms with E-state index in [1.165, 1.54) is 12.1 Å². The highest BCUT2D eigenvalue weighted by molar-refractivity contribution is 7.90. The number of anilines is 1. The van der Waals surface area contributed by atoms with E-state index in [2.05, 4.69) is 5.32 Å². The molecule has 0 aliphatic rings. The van der Waals surface area contributed by atoms with Crippen LogP contribution in [0, 0.1) is 6.92 Å². The smallest absolute Gasteiger partial charge is 0.228 e. The molecule has 0 aliphatic heterocycles. The van der Waals surface area contributed by atoms with Crippen molar-refractivity contribution in [2.45, 2.75) is 18.2 Å². The van der Waals surface area contributed by atoms with Gasteiger partial charge in [-0.25, -0.2) is 8.42 Å². The summed E-state index contributed by atoms with van der Waals surface area (Å²) in [6, 6.07) is 12.0. The van der Waals surface area contributed by atoms with Crippen molar-refractivity contribution in [1.29, 1.82) is 0 Å². The molecule has 6 heteroatoms. The zero-order valence-corrected chi connectivity index (χ0v) is 14.2. The van der Waals surface area contributed by atoms with Gasteiger partial charge in [0.2, 0.25) is 5.91 Å². The van der Waals surface area contributed by atoms with Crippen molar-refractivity contribution < 1.29 is 17.6 Å². The molecular weight excluding hydrogens is 326 g/mol. The van der Waals surface area contributed by atoms with Crippen LogP contribution >= 0.6 is 0 Å². The SMILES string of the molecule is Cc1ccc2c(CC(=O)Nc3cccc(S(C)(=O)=O)c3)coc2c1. The lowest BCUT2D eigenvalue weighted by atomic mass is 10.1. The molecule has 1 aromatic heterocycles. The normalized spacial score (nSPS) is 11.6. The maximum atomic E-state index is 12.2. The first-order chi connectivity index (χ1) is 11.3. The van der Waals surface area contributed by atoms with Gasteiger partial charge in [-0.2, -0.15) is 0 Å². The molecule has 0 saturated heterocycles. The second kappa shape index (κ2) is 6.13. The molecule has 0 spiro atoms.